The van der Waals surface area contributed by atoms with E-state index in [4.69, 9.17) is 0 Å². The highest BCUT2D eigenvalue weighted by molar-refractivity contribution is 7.99. The number of carbonyl (C=O) groups excluding carboxylic acids is 1. The normalized spacial score (nSPS) is 22.6. The van der Waals surface area contributed by atoms with Crippen LogP contribution >= 0.6 is 11.8 Å². The van der Waals surface area contributed by atoms with E-state index in [1.54, 1.807) is 0 Å². The lowest BCUT2D eigenvalue weighted by Gasteiger charge is -2.26. The van der Waals surface area contributed by atoms with E-state index in [0.717, 1.165) is 30.1 Å². The van der Waals surface area contributed by atoms with Crippen molar-refractivity contribution >= 4 is 17.7 Å². The third kappa shape index (κ3) is 4.78. The average Bonchev–Trinajstić information content (AvgIpc) is 2.38. The van der Waals surface area contributed by atoms with Gasteiger partial charge in [0.05, 0.1) is 5.75 Å². The standard InChI is InChI=1S/C15H23N3OS/c1-10-4-6-13(7-5-10)18-14(19)9-20-15-16-11(2)8-12(3)17-15/h8,10,13H,4-7,9H2,1-3H3,(H,18,19). The quantitative estimate of drug-likeness (QED) is 0.685. The summed E-state index contributed by atoms with van der Waals surface area (Å²) < 4.78 is 0. The number of carbonyl (C=O) groups is 1. The van der Waals surface area contributed by atoms with Gasteiger partial charge in [-0.05, 0) is 51.5 Å². The number of aryl methyl sites for hydroxylation is 2. The van der Waals surface area contributed by atoms with Gasteiger partial charge in [-0.15, -0.1) is 0 Å². The van der Waals surface area contributed by atoms with Crippen LogP contribution in [0, 0.1) is 19.8 Å². The molecule has 1 aromatic heterocycles. The lowest BCUT2D eigenvalue weighted by Crippen LogP contribution is -2.38. The maximum atomic E-state index is 11.9. The molecule has 1 N–H and O–H groups in total. The van der Waals surface area contributed by atoms with Gasteiger partial charge in [0.25, 0.3) is 0 Å². The van der Waals surface area contributed by atoms with Crippen molar-refractivity contribution in [2.24, 2.45) is 5.92 Å². The minimum absolute atomic E-state index is 0.0947. The summed E-state index contributed by atoms with van der Waals surface area (Å²) in [5.74, 6) is 1.30. The van der Waals surface area contributed by atoms with Crippen LogP contribution in [0.3, 0.4) is 0 Å². The Labute approximate surface area is 125 Å². The molecule has 1 amide bonds. The van der Waals surface area contributed by atoms with E-state index < -0.39 is 0 Å². The highest BCUT2D eigenvalue weighted by atomic mass is 32.2. The number of hydrogen-bond donors (Lipinski definition) is 1. The molecule has 0 radical (unpaired) electrons. The highest BCUT2D eigenvalue weighted by Crippen LogP contribution is 2.23. The SMILES string of the molecule is Cc1cc(C)nc(SCC(=O)NC2CCC(C)CC2)n1. The molecule has 0 saturated heterocycles. The van der Waals surface area contributed by atoms with Gasteiger partial charge < -0.3 is 5.32 Å². The van der Waals surface area contributed by atoms with Crippen LogP contribution in [0.2, 0.25) is 0 Å². The summed E-state index contributed by atoms with van der Waals surface area (Å²) in [6.45, 7) is 6.18. The summed E-state index contributed by atoms with van der Waals surface area (Å²) >= 11 is 1.41. The first-order valence-electron chi connectivity index (χ1n) is 7.27. The zero-order valence-electron chi connectivity index (χ0n) is 12.5. The summed E-state index contributed by atoms with van der Waals surface area (Å²) in [4.78, 5) is 20.6. The molecule has 0 spiro atoms. The Bertz CT molecular complexity index is 450. The summed E-state index contributed by atoms with van der Waals surface area (Å²) in [5.41, 5.74) is 1.89. The van der Waals surface area contributed by atoms with Crippen molar-refractivity contribution in [3.63, 3.8) is 0 Å². The van der Waals surface area contributed by atoms with E-state index in [1.165, 1.54) is 24.6 Å². The number of thioether (sulfide) groups is 1. The zero-order valence-corrected chi connectivity index (χ0v) is 13.3. The Morgan fingerprint density at radius 1 is 1.25 bits per heavy atom. The van der Waals surface area contributed by atoms with Crippen LogP contribution in [0.1, 0.15) is 44.0 Å². The fraction of sp³-hybridized carbons (Fsp3) is 0.667. The topological polar surface area (TPSA) is 54.9 Å². The van der Waals surface area contributed by atoms with Gasteiger partial charge in [0.2, 0.25) is 5.91 Å². The molecular formula is C15H23N3OS. The van der Waals surface area contributed by atoms with Gasteiger partial charge >= 0.3 is 0 Å². The second-order valence-electron chi connectivity index (χ2n) is 5.75. The van der Waals surface area contributed by atoms with Crippen molar-refractivity contribution in [3.05, 3.63) is 17.5 Å². The smallest absolute Gasteiger partial charge is 0.230 e. The van der Waals surface area contributed by atoms with Gasteiger partial charge in [0, 0.05) is 17.4 Å². The Morgan fingerprint density at radius 2 is 1.85 bits per heavy atom. The summed E-state index contributed by atoms with van der Waals surface area (Å²) in [6.07, 6.45) is 4.66. The number of amides is 1. The molecule has 1 fully saturated rings. The molecule has 0 atom stereocenters. The number of aromatic nitrogens is 2. The zero-order chi connectivity index (χ0) is 14.5. The fourth-order valence-corrected chi connectivity index (χ4v) is 3.32. The molecule has 1 aromatic rings. The second-order valence-corrected chi connectivity index (χ2v) is 6.69. The van der Waals surface area contributed by atoms with Gasteiger partial charge in [-0.25, -0.2) is 9.97 Å². The molecule has 20 heavy (non-hydrogen) atoms. The third-order valence-electron chi connectivity index (χ3n) is 3.68. The van der Waals surface area contributed by atoms with E-state index in [0.29, 0.717) is 17.0 Å². The molecule has 1 saturated carbocycles. The number of rotatable bonds is 4. The van der Waals surface area contributed by atoms with E-state index in [2.05, 4.69) is 22.2 Å². The van der Waals surface area contributed by atoms with E-state index >= 15 is 0 Å². The van der Waals surface area contributed by atoms with Crippen LogP contribution in [0.5, 0.6) is 0 Å². The first kappa shape index (κ1) is 15.3. The predicted octanol–water partition coefficient (Wildman–Crippen LogP) is 2.88. The Hall–Kier alpha value is -1.10. The van der Waals surface area contributed by atoms with Gasteiger partial charge in [0.15, 0.2) is 5.16 Å². The Balaban J connectivity index is 1.77. The van der Waals surface area contributed by atoms with Crippen molar-refractivity contribution in [2.45, 2.75) is 57.7 Å². The van der Waals surface area contributed by atoms with Crippen LogP contribution < -0.4 is 5.32 Å². The van der Waals surface area contributed by atoms with Crippen molar-refractivity contribution in [1.82, 2.24) is 15.3 Å². The van der Waals surface area contributed by atoms with Gasteiger partial charge in [0.1, 0.15) is 0 Å². The average molecular weight is 293 g/mol. The van der Waals surface area contributed by atoms with Crippen molar-refractivity contribution < 1.29 is 4.79 Å². The number of nitrogens with one attached hydrogen (secondary N) is 1. The largest absolute Gasteiger partial charge is 0.353 e. The Kier molecular flexibility index (Phi) is 5.40. The summed E-state index contributed by atoms with van der Waals surface area (Å²) in [7, 11) is 0. The monoisotopic (exact) mass is 293 g/mol. The lowest BCUT2D eigenvalue weighted by molar-refractivity contribution is -0.119. The van der Waals surface area contributed by atoms with E-state index in [9.17, 15) is 4.79 Å². The number of hydrogen-bond acceptors (Lipinski definition) is 4. The minimum atomic E-state index is 0.0947. The molecule has 4 nitrogen and oxygen atoms in total. The van der Waals surface area contributed by atoms with Gasteiger partial charge in [-0.1, -0.05) is 18.7 Å². The van der Waals surface area contributed by atoms with Crippen LogP contribution in [0.15, 0.2) is 11.2 Å². The lowest BCUT2D eigenvalue weighted by atomic mass is 9.87. The molecule has 0 aromatic carbocycles. The van der Waals surface area contributed by atoms with Crippen molar-refractivity contribution in [2.75, 3.05) is 5.75 Å². The van der Waals surface area contributed by atoms with Crippen LogP contribution in [0.4, 0.5) is 0 Å². The minimum Gasteiger partial charge on any atom is -0.353 e. The van der Waals surface area contributed by atoms with Gasteiger partial charge in [-0.2, -0.15) is 0 Å². The van der Waals surface area contributed by atoms with E-state index in [-0.39, 0.29) is 5.91 Å². The second kappa shape index (κ2) is 7.07. The van der Waals surface area contributed by atoms with Crippen LogP contribution in [0.25, 0.3) is 0 Å². The molecule has 1 aliphatic rings. The molecule has 1 heterocycles. The molecule has 0 bridgehead atoms. The third-order valence-corrected chi connectivity index (χ3v) is 4.52. The maximum Gasteiger partial charge on any atom is 0.230 e. The van der Waals surface area contributed by atoms with Crippen LogP contribution in [-0.2, 0) is 4.79 Å². The van der Waals surface area contributed by atoms with Crippen molar-refractivity contribution in [1.29, 1.82) is 0 Å². The summed E-state index contributed by atoms with van der Waals surface area (Å²) in [6, 6.07) is 2.30. The first-order valence-corrected chi connectivity index (χ1v) is 8.26. The summed E-state index contributed by atoms with van der Waals surface area (Å²) in [5, 5.41) is 3.81. The van der Waals surface area contributed by atoms with Gasteiger partial charge in [-0.3, -0.25) is 4.79 Å². The fourth-order valence-electron chi connectivity index (χ4n) is 2.56. The molecular weight excluding hydrogens is 270 g/mol. The maximum absolute atomic E-state index is 11.9. The highest BCUT2D eigenvalue weighted by Gasteiger charge is 2.19. The number of nitrogens with zero attached hydrogens (tertiary/aromatic N) is 2. The molecule has 110 valence electrons. The molecule has 0 aliphatic heterocycles. The first-order chi connectivity index (χ1) is 9.52. The predicted molar refractivity (Wildman–Crippen MR) is 81.8 cm³/mol. The van der Waals surface area contributed by atoms with Crippen molar-refractivity contribution in [3.8, 4) is 0 Å². The van der Waals surface area contributed by atoms with E-state index in [1.807, 2.05) is 19.9 Å². The molecule has 1 aliphatic carbocycles. The van der Waals surface area contributed by atoms with Crippen LogP contribution in [-0.4, -0.2) is 27.7 Å². The Morgan fingerprint density at radius 3 is 2.45 bits per heavy atom. The molecule has 5 heteroatoms. The molecule has 0 unspecified atom stereocenters. The molecule has 2 rings (SSSR count).